The summed E-state index contributed by atoms with van der Waals surface area (Å²) in [5, 5.41) is 13.6. The van der Waals surface area contributed by atoms with Crippen LogP contribution < -0.4 is 10.4 Å². The Morgan fingerprint density at radius 2 is 1.78 bits per heavy atom. The van der Waals surface area contributed by atoms with Gasteiger partial charge in [0.2, 0.25) is 5.96 Å². The van der Waals surface area contributed by atoms with Crippen molar-refractivity contribution >= 4 is 29.2 Å². The molecule has 1 aliphatic rings. The zero-order chi connectivity index (χ0) is 16.2. The molecule has 1 heterocycles. The molecule has 0 fully saturated rings. The molecule has 0 spiro atoms. The number of hydrogen-bond donors (Lipinski definition) is 1. The maximum atomic E-state index is 11.9. The molecule has 23 heavy (non-hydrogen) atoms. The molecule has 0 saturated heterocycles. The maximum absolute atomic E-state index is 11.9. The monoisotopic (exact) mass is 306 g/mol. The van der Waals surface area contributed by atoms with Crippen LogP contribution in [0, 0.1) is 0 Å². The highest BCUT2D eigenvalue weighted by atomic mass is 16.4. The minimum Gasteiger partial charge on any atom is -0.545 e. The summed E-state index contributed by atoms with van der Waals surface area (Å²) < 4.78 is 0. The number of carbonyl (C=O) groups excluding carboxylic acids is 2. The topological polar surface area (TPSA) is 94.0 Å². The number of aliphatic imine (C=N–C) groups is 2. The van der Waals surface area contributed by atoms with Gasteiger partial charge in [0.25, 0.3) is 5.91 Å². The lowest BCUT2D eigenvalue weighted by molar-refractivity contribution is -0.254. The van der Waals surface area contributed by atoms with E-state index in [1.807, 2.05) is 30.3 Å². The van der Waals surface area contributed by atoms with Crippen LogP contribution in [-0.2, 0) is 11.2 Å². The number of hydrogen-bond acceptors (Lipinski definition) is 4. The van der Waals surface area contributed by atoms with Gasteiger partial charge in [-0.3, -0.25) is 10.1 Å². The third kappa shape index (κ3) is 3.32. The van der Waals surface area contributed by atoms with Crippen molar-refractivity contribution in [2.24, 2.45) is 9.98 Å². The van der Waals surface area contributed by atoms with Gasteiger partial charge in [-0.25, -0.2) is 9.98 Å². The second kappa shape index (κ2) is 6.23. The molecule has 0 unspecified atom stereocenters. The van der Waals surface area contributed by atoms with E-state index >= 15 is 0 Å². The van der Waals surface area contributed by atoms with Gasteiger partial charge in [-0.1, -0.05) is 48.5 Å². The van der Waals surface area contributed by atoms with Crippen LogP contribution in [0.1, 0.15) is 15.9 Å². The molecule has 3 rings (SSSR count). The van der Waals surface area contributed by atoms with Gasteiger partial charge in [0.05, 0.1) is 11.7 Å². The van der Waals surface area contributed by atoms with Gasteiger partial charge in [0.1, 0.15) is 5.71 Å². The number of carbonyl (C=O) groups is 2. The highest BCUT2D eigenvalue weighted by molar-refractivity contribution is 6.47. The minimum absolute atomic E-state index is 0.0547. The number of nitrogens with zero attached hydrogens (tertiary/aromatic N) is 2. The van der Waals surface area contributed by atoms with Crippen LogP contribution in [0.25, 0.3) is 0 Å². The zero-order valence-electron chi connectivity index (χ0n) is 12.0. The van der Waals surface area contributed by atoms with Crippen molar-refractivity contribution < 1.29 is 14.7 Å². The van der Waals surface area contributed by atoms with E-state index in [2.05, 4.69) is 15.3 Å². The SMILES string of the molecule is O=C1NC(=Nc2ccccc2C(=O)[O-])N=C1Cc1ccccc1. The normalized spacial score (nSPS) is 15.4. The van der Waals surface area contributed by atoms with E-state index in [-0.39, 0.29) is 23.1 Å². The number of carboxylic acid groups (broad SMARTS) is 1. The molecule has 2 aromatic carbocycles. The summed E-state index contributed by atoms with van der Waals surface area (Å²) in [5.41, 5.74) is 1.42. The van der Waals surface area contributed by atoms with Crippen LogP contribution in [0.15, 0.2) is 64.6 Å². The summed E-state index contributed by atoms with van der Waals surface area (Å²) >= 11 is 0. The van der Waals surface area contributed by atoms with Crippen LogP contribution >= 0.6 is 0 Å². The highest BCUT2D eigenvalue weighted by Gasteiger charge is 2.22. The number of nitrogens with one attached hydrogen (secondary N) is 1. The second-order valence-electron chi connectivity index (χ2n) is 4.92. The molecule has 1 N–H and O–H groups in total. The first-order chi connectivity index (χ1) is 11.1. The van der Waals surface area contributed by atoms with Crippen molar-refractivity contribution in [1.82, 2.24) is 5.32 Å². The zero-order valence-corrected chi connectivity index (χ0v) is 12.0. The van der Waals surface area contributed by atoms with Crippen molar-refractivity contribution in [2.75, 3.05) is 0 Å². The average Bonchev–Trinajstić information content (AvgIpc) is 2.88. The van der Waals surface area contributed by atoms with Crippen molar-refractivity contribution in [3.8, 4) is 0 Å². The van der Waals surface area contributed by atoms with E-state index in [0.717, 1.165) is 5.56 Å². The lowest BCUT2D eigenvalue weighted by Crippen LogP contribution is -2.27. The third-order valence-corrected chi connectivity index (χ3v) is 3.29. The number of para-hydroxylation sites is 1. The Hall–Kier alpha value is -3.28. The van der Waals surface area contributed by atoms with E-state index in [4.69, 9.17) is 0 Å². The Morgan fingerprint density at radius 1 is 1.09 bits per heavy atom. The lowest BCUT2D eigenvalue weighted by Gasteiger charge is -2.05. The number of carboxylic acids is 1. The first kappa shape index (κ1) is 14.6. The second-order valence-corrected chi connectivity index (χ2v) is 4.92. The molecule has 114 valence electrons. The quantitative estimate of drug-likeness (QED) is 0.907. The van der Waals surface area contributed by atoms with Crippen LogP contribution in [0.2, 0.25) is 0 Å². The number of amides is 1. The van der Waals surface area contributed by atoms with Crippen LogP contribution in [0.4, 0.5) is 5.69 Å². The number of guanidine groups is 1. The lowest BCUT2D eigenvalue weighted by atomic mass is 10.1. The molecule has 0 aromatic heterocycles. The van der Waals surface area contributed by atoms with Gasteiger partial charge in [0, 0.05) is 12.0 Å². The van der Waals surface area contributed by atoms with Crippen molar-refractivity contribution in [1.29, 1.82) is 0 Å². The molecule has 0 aliphatic carbocycles. The first-order valence-electron chi connectivity index (χ1n) is 6.95. The fraction of sp³-hybridized carbons (Fsp3) is 0.0588. The molecule has 1 aliphatic heterocycles. The van der Waals surface area contributed by atoms with Gasteiger partial charge in [-0.05, 0) is 11.6 Å². The predicted octanol–water partition coefficient (Wildman–Crippen LogP) is 0.851. The molecule has 0 bridgehead atoms. The fourth-order valence-electron chi connectivity index (χ4n) is 2.20. The molecule has 6 heteroatoms. The third-order valence-electron chi connectivity index (χ3n) is 3.29. The summed E-state index contributed by atoms with van der Waals surface area (Å²) in [6.07, 6.45) is 0.383. The van der Waals surface area contributed by atoms with E-state index < -0.39 is 5.97 Å². The average molecular weight is 306 g/mol. The highest BCUT2D eigenvalue weighted by Crippen LogP contribution is 2.18. The van der Waals surface area contributed by atoms with E-state index in [9.17, 15) is 14.7 Å². The summed E-state index contributed by atoms with van der Waals surface area (Å²) in [5.74, 6) is -1.59. The Bertz CT molecular complexity index is 826. The number of benzene rings is 2. The molecular weight excluding hydrogens is 294 g/mol. The summed E-state index contributed by atoms with van der Waals surface area (Å²) in [6.45, 7) is 0. The number of aromatic carboxylic acids is 1. The van der Waals surface area contributed by atoms with Gasteiger partial charge < -0.3 is 9.90 Å². The Labute approximate surface area is 132 Å². The summed E-state index contributed by atoms with van der Waals surface area (Å²) in [4.78, 5) is 31.3. The van der Waals surface area contributed by atoms with E-state index in [1.54, 1.807) is 12.1 Å². The van der Waals surface area contributed by atoms with Crippen molar-refractivity contribution in [3.63, 3.8) is 0 Å². The summed E-state index contributed by atoms with van der Waals surface area (Å²) in [6, 6.07) is 15.6. The Morgan fingerprint density at radius 3 is 2.52 bits per heavy atom. The van der Waals surface area contributed by atoms with Crippen molar-refractivity contribution in [3.05, 3.63) is 65.7 Å². The molecule has 2 aromatic rings. The van der Waals surface area contributed by atoms with Gasteiger partial charge >= 0.3 is 0 Å². The maximum Gasteiger partial charge on any atom is 0.272 e. The van der Waals surface area contributed by atoms with Crippen LogP contribution in [0.5, 0.6) is 0 Å². The molecular formula is C17H12N3O3-. The summed E-state index contributed by atoms with van der Waals surface area (Å²) in [7, 11) is 0. The van der Waals surface area contributed by atoms with E-state index in [1.165, 1.54) is 12.1 Å². The Kier molecular flexibility index (Phi) is 3.97. The molecule has 1 amide bonds. The van der Waals surface area contributed by atoms with Gasteiger partial charge in [-0.2, -0.15) is 0 Å². The smallest absolute Gasteiger partial charge is 0.272 e. The van der Waals surface area contributed by atoms with Gasteiger partial charge in [-0.15, -0.1) is 0 Å². The number of rotatable bonds is 4. The predicted molar refractivity (Wildman–Crippen MR) is 83.6 cm³/mol. The Balaban J connectivity index is 1.88. The van der Waals surface area contributed by atoms with Gasteiger partial charge in [0.15, 0.2) is 0 Å². The molecule has 0 atom stereocenters. The molecule has 0 radical (unpaired) electrons. The fourth-order valence-corrected chi connectivity index (χ4v) is 2.20. The van der Waals surface area contributed by atoms with Crippen LogP contribution in [-0.4, -0.2) is 23.5 Å². The standard InChI is InChI=1S/C17H13N3O3/c21-15-14(10-11-6-2-1-3-7-11)19-17(20-15)18-13-9-5-4-8-12(13)16(22)23/h1-9H,10H2,(H,22,23)(H,18,20,21)/p-1. The first-order valence-corrected chi connectivity index (χ1v) is 6.95. The largest absolute Gasteiger partial charge is 0.545 e. The van der Waals surface area contributed by atoms with Crippen molar-refractivity contribution in [2.45, 2.75) is 6.42 Å². The van der Waals surface area contributed by atoms with E-state index in [0.29, 0.717) is 12.1 Å². The molecule has 6 nitrogen and oxygen atoms in total. The molecule has 0 saturated carbocycles. The van der Waals surface area contributed by atoms with Crippen LogP contribution in [0.3, 0.4) is 0 Å². The minimum atomic E-state index is -1.33.